The average Bonchev–Trinajstić information content (AvgIpc) is 2.76. The van der Waals surface area contributed by atoms with Crippen molar-refractivity contribution in [2.45, 2.75) is 0 Å². The quantitative estimate of drug-likeness (QED) is 0.754. The van der Waals surface area contributed by atoms with Crippen LogP contribution in [0.3, 0.4) is 0 Å². The number of carbonyl (C=O) groups excluding carboxylic acids is 1. The summed E-state index contributed by atoms with van der Waals surface area (Å²) >= 11 is 0. The summed E-state index contributed by atoms with van der Waals surface area (Å²) in [5, 5.41) is 14.6. The van der Waals surface area contributed by atoms with Gasteiger partial charge in [-0.2, -0.15) is 5.26 Å². The molecule has 1 aromatic rings. The molecule has 2 heterocycles. The summed E-state index contributed by atoms with van der Waals surface area (Å²) in [4.78, 5) is 15.9. The highest BCUT2D eigenvalue weighted by Gasteiger charge is 2.19. The lowest BCUT2D eigenvalue weighted by Gasteiger charge is -2.11. The third kappa shape index (κ3) is 2.84. The van der Waals surface area contributed by atoms with E-state index < -0.39 is 0 Å². The summed E-state index contributed by atoms with van der Waals surface area (Å²) in [6.45, 7) is 2.77. The number of nitrogens with zero attached hydrogens (tertiary/aromatic N) is 2. The number of urea groups is 1. The first kappa shape index (κ1) is 11.2. The van der Waals surface area contributed by atoms with Crippen LogP contribution in [0.1, 0.15) is 5.69 Å². The minimum absolute atomic E-state index is 0.0124. The van der Waals surface area contributed by atoms with Gasteiger partial charge in [-0.25, -0.2) is 9.78 Å². The third-order valence-electron chi connectivity index (χ3n) is 2.56. The molecule has 2 rings (SSSR count). The van der Waals surface area contributed by atoms with Crippen LogP contribution in [-0.2, 0) is 0 Å². The van der Waals surface area contributed by atoms with Crippen molar-refractivity contribution in [3.05, 3.63) is 23.9 Å². The Labute approximate surface area is 99.2 Å². The summed E-state index contributed by atoms with van der Waals surface area (Å²) in [7, 11) is 0. The molecule has 6 heteroatoms. The van der Waals surface area contributed by atoms with Crippen molar-refractivity contribution in [1.29, 1.82) is 5.26 Å². The number of aromatic amines is 1. The number of hydrogen-bond acceptors (Lipinski definition) is 3. The molecule has 0 saturated carbocycles. The van der Waals surface area contributed by atoms with Crippen LogP contribution >= 0.6 is 0 Å². The number of carbonyl (C=O) groups is 1. The van der Waals surface area contributed by atoms with Crippen molar-refractivity contribution in [2.75, 3.05) is 31.5 Å². The van der Waals surface area contributed by atoms with E-state index in [-0.39, 0.29) is 6.03 Å². The monoisotopic (exact) mass is 232 g/mol. The van der Waals surface area contributed by atoms with Gasteiger partial charge < -0.3 is 10.2 Å². The van der Waals surface area contributed by atoms with Gasteiger partial charge in [-0.1, -0.05) is 0 Å². The van der Waals surface area contributed by atoms with E-state index in [1.807, 2.05) is 12.1 Å². The Hall–Kier alpha value is -2.29. The first-order valence-corrected chi connectivity index (χ1v) is 5.48. The molecule has 0 aliphatic carbocycles. The van der Waals surface area contributed by atoms with Crippen LogP contribution in [0, 0.1) is 11.3 Å². The normalized spacial score (nSPS) is 14.3. The second kappa shape index (κ2) is 5.16. The Bertz CT molecular complexity index is 453. The van der Waals surface area contributed by atoms with E-state index in [0.29, 0.717) is 18.8 Å². The van der Waals surface area contributed by atoms with Gasteiger partial charge in [0.1, 0.15) is 12.6 Å². The van der Waals surface area contributed by atoms with E-state index >= 15 is 0 Å². The second-order valence-electron chi connectivity index (χ2n) is 3.74. The number of aromatic nitrogens is 1. The van der Waals surface area contributed by atoms with E-state index in [1.165, 1.54) is 0 Å². The van der Waals surface area contributed by atoms with E-state index in [4.69, 9.17) is 5.26 Å². The molecule has 0 atom stereocenters. The van der Waals surface area contributed by atoms with Gasteiger partial charge in [0.15, 0.2) is 0 Å². The zero-order valence-corrected chi connectivity index (χ0v) is 9.36. The lowest BCUT2D eigenvalue weighted by atomic mass is 10.3. The Kier molecular flexibility index (Phi) is 3.40. The van der Waals surface area contributed by atoms with Crippen molar-refractivity contribution < 1.29 is 9.78 Å². The lowest BCUT2D eigenvalue weighted by molar-refractivity contribution is -0.365. The number of amides is 2. The highest BCUT2D eigenvalue weighted by atomic mass is 16.2. The molecule has 1 fully saturated rings. The van der Waals surface area contributed by atoms with Crippen molar-refractivity contribution >= 4 is 11.8 Å². The Morgan fingerprint density at radius 3 is 3.18 bits per heavy atom. The molecule has 0 spiro atoms. The molecule has 88 valence electrons. The first-order valence-electron chi connectivity index (χ1n) is 5.48. The second-order valence-corrected chi connectivity index (χ2v) is 3.74. The zero-order chi connectivity index (χ0) is 12.1. The van der Waals surface area contributed by atoms with Crippen molar-refractivity contribution in [3.8, 4) is 6.07 Å². The summed E-state index contributed by atoms with van der Waals surface area (Å²) in [5.74, 6) is 0.781. The van der Waals surface area contributed by atoms with E-state index in [2.05, 4.69) is 15.6 Å². The van der Waals surface area contributed by atoms with Crippen LogP contribution in [0.4, 0.5) is 10.6 Å². The molecule has 1 saturated heterocycles. The summed E-state index contributed by atoms with van der Waals surface area (Å²) in [6.07, 6.45) is 0. The molecule has 3 N–H and O–H groups in total. The van der Waals surface area contributed by atoms with Gasteiger partial charge in [-0.15, -0.1) is 0 Å². The van der Waals surface area contributed by atoms with Crippen LogP contribution in [0.15, 0.2) is 18.2 Å². The molecular formula is C11H14N5O+. The SMILES string of the molecule is N#Cc1cccc(NCCN2CCNC2=O)[nH+]1. The number of nitriles is 1. The summed E-state index contributed by atoms with van der Waals surface area (Å²) < 4.78 is 0. The molecule has 1 aromatic heterocycles. The van der Waals surface area contributed by atoms with Crippen molar-refractivity contribution in [1.82, 2.24) is 10.2 Å². The van der Waals surface area contributed by atoms with Gasteiger partial charge in [0.05, 0.1) is 6.54 Å². The smallest absolute Gasteiger partial charge is 0.317 e. The number of H-pyrrole nitrogens is 1. The maximum atomic E-state index is 11.3. The van der Waals surface area contributed by atoms with Gasteiger partial charge in [0, 0.05) is 19.2 Å². The molecule has 1 aliphatic heterocycles. The molecule has 1 aliphatic rings. The topological polar surface area (TPSA) is 82.3 Å². The maximum Gasteiger partial charge on any atom is 0.317 e. The zero-order valence-electron chi connectivity index (χ0n) is 9.36. The standard InChI is InChI=1S/C11H13N5O/c12-8-9-2-1-3-10(15-9)13-4-6-16-7-5-14-11(16)17/h1-3H,4-7H2,(H,13,15)(H,14,17)/p+1. The van der Waals surface area contributed by atoms with Crippen LogP contribution in [0.5, 0.6) is 0 Å². The maximum absolute atomic E-state index is 11.3. The van der Waals surface area contributed by atoms with Crippen LogP contribution in [-0.4, -0.2) is 37.1 Å². The van der Waals surface area contributed by atoms with E-state index in [0.717, 1.165) is 18.9 Å². The molecule has 0 bridgehead atoms. The highest BCUT2D eigenvalue weighted by Crippen LogP contribution is 1.99. The Morgan fingerprint density at radius 1 is 1.59 bits per heavy atom. The van der Waals surface area contributed by atoms with E-state index in [1.54, 1.807) is 17.0 Å². The van der Waals surface area contributed by atoms with Gasteiger partial charge in [0.2, 0.25) is 5.69 Å². The van der Waals surface area contributed by atoms with Gasteiger partial charge in [-0.3, -0.25) is 5.32 Å². The van der Waals surface area contributed by atoms with Crippen molar-refractivity contribution in [3.63, 3.8) is 0 Å². The molecule has 0 unspecified atom stereocenters. The van der Waals surface area contributed by atoms with Crippen LogP contribution in [0.2, 0.25) is 0 Å². The number of rotatable bonds is 4. The summed E-state index contributed by atoms with van der Waals surface area (Å²) in [5.41, 5.74) is 0.508. The molecule has 0 radical (unpaired) electrons. The Morgan fingerprint density at radius 2 is 2.47 bits per heavy atom. The molecule has 17 heavy (non-hydrogen) atoms. The number of hydrogen-bond donors (Lipinski definition) is 2. The molecule has 2 amide bonds. The number of anilines is 1. The number of pyridine rings is 1. The fourth-order valence-corrected chi connectivity index (χ4v) is 1.69. The fraction of sp³-hybridized carbons (Fsp3) is 0.364. The average molecular weight is 232 g/mol. The minimum Gasteiger partial charge on any atom is -0.336 e. The largest absolute Gasteiger partial charge is 0.336 e. The minimum atomic E-state index is -0.0124. The summed E-state index contributed by atoms with van der Waals surface area (Å²) in [6, 6.07) is 7.39. The lowest BCUT2D eigenvalue weighted by Crippen LogP contribution is -2.33. The fourth-order valence-electron chi connectivity index (χ4n) is 1.69. The van der Waals surface area contributed by atoms with Crippen molar-refractivity contribution in [2.24, 2.45) is 0 Å². The van der Waals surface area contributed by atoms with Gasteiger partial charge in [0.25, 0.3) is 5.82 Å². The predicted octanol–water partition coefficient (Wildman–Crippen LogP) is -0.191. The van der Waals surface area contributed by atoms with Crippen LogP contribution in [0.25, 0.3) is 0 Å². The third-order valence-corrected chi connectivity index (χ3v) is 2.56. The number of nitrogens with one attached hydrogen (secondary N) is 3. The molecular weight excluding hydrogens is 218 g/mol. The van der Waals surface area contributed by atoms with Gasteiger partial charge >= 0.3 is 6.03 Å². The molecule has 0 aromatic carbocycles. The van der Waals surface area contributed by atoms with Gasteiger partial charge in [-0.05, 0) is 12.1 Å². The van der Waals surface area contributed by atoms with E-state index in [9.17, 15) is 4.79 Å². The Balaban J connectivity index is 1.82. The predicted molar refractivity (Wildman–Crippen MR) is 61.2 cm³/mol. The first-order chi connectivity index (χ1) is 8.29. The van der Waals surface area contributed by atoms with Crippen LogP contribution < -0.4 is 15.6 Å². The molecule has 6 nitrogen and oxygen atoms in total. The highest BCUT2D eigenvalue weighted by molar-refractivity contribution is 5.76.